The normalized spacial score (nSPS) is 16.8. The van der Waals surface area contributed by atoms with Crippen LogP contribution in [0.1, 0.15) is 39.6 Å². The molecule has 3 rings (SSSR count). The molecule has 1 aromatic heterocycles. The number of hydrogen-bond donors (Lipinski definition) is 2. The fourth-order valence-corrected chi connectivity index (χ4v) is 2.57. The number of rotatable bonds is 3. The molecule has 20 heavy (non-hydrogen) atoms. The lowest BCUT2D eigenvalue weighted by Crippen LogP contribution is -2.10. The van der Waals surface area contributed by atoms with Gasteiger partial charge in [0.15, 0.2) is 5.69 Å². The highest BCUT2D eigenvalue weighted by Crippen LogP contribution is 2.33. The number of fused-ring (bicyclic) bond motifs is 1. The molecule has 1 aromatic carbocycles. The summed E-state index contributed by atoms with van der Waals surface area (Å²) in [6.45, 7) is 2.08. The minimum atomic E-state index is -1.06. The van der Waals surface area contributed by atoms with Gasteiger partial charge in [-0.05, 0) is 43.0 Å². The third-order valence-corrected chi connectivity index (χ3v) is 3.58. The van der Waals surface area contributed by atoms with Gasteiger partial charge < -0.3 is 10.4 Å². The van der Waals surface area contributed by atoms with Crippen molar-refractivity contribution < 1.29 is 9.90 Å². The Morgan fingerprint density at radius 2 is 2.15 bits per heavy atom. The van der Waals surface area contributed by atoms with Crippen LogP contribution >= 0.6 is 0 Å². The van der Waals surface area contributed by atoms with Crippen molar-refractivity contribution in [2.45, 2.75) is 25.8 Å². The van der Waals surface area contributed by atoms with E-state index in [0.717, 1.165) is 12.8 Å². The fourth-order valence-electron chi connectivity index (χ4n) is 2.57. The Bertz CT molecular complexity index is 653. The molecule has 5 heteroatoms. The first-order valence-corrected chi connectivity index (χ1v) is 6.56. The molecule has 1 unspecified atom stereocenters. The predicted molar refractivity (Wildman–Crippen MR) is 74.9 cm³/mol. The van der Waals surface area contributed by atoms with Crippen LogP contribution in [-0.4, -0.2) is 21.3 Å². The molecule has 0 spiro atoms. The van der Waals surface area contributed by atoms with Crippen molar-refractivity contribution in [2.75, 3.05) is 5.32 Å². The van der Waals surface area contributed by atoms with Gasteiger partial charge in [0, 0.05) is 0 Å². The standard InChI is InChI=1S/C15H15N3O2/c1-9-2-3-10-4-5-12(11(10)8-9)16-14-7-6-13(15(19)20)17-18-14/h2-3,6-8,12H,4-5H2,1H3,(H,16,18)(H,19,20). The number of carboxylic acid groups (broad SMARTS) is 1. The minimum Gasteiger partial charge on any atom is -0.476 e. The zero-order valence-electron chi connectivity index (χ0n) is 11.1. The van der Waals surface area contributed by atoms with Crippen LogP contribution in [0.5, 0.6) is 0 Å². The zero-order valence-corrected chi connectivity index (χ0v) is 11.1. The average molecular weight is 269 g/mol. The number of aromatic nitrogens is 2. The van der Waals surface area contributed by atoms with Crippen molar-refractivity contribution in [3.05, 3.63) is 52.7 Å². The molecule has 0 radical (unpaired) electrons. The summed E-state index contributed by atoms with van der Waals surface area (Å²) in [5.74, 6) is -0.458. The Balaban J connectivity index is 1.80. The second kappa shape index (κ2) is 4.92. The Hall–Kier alpha value is -2.43. The van der Waals surface area contributed by atoms with Crippen LogP contribution in [0, 0.1) is 6.92 Å². The van der Waals surface area contributed by atoms with Crippen LogP contribution in [0.15, 0.2) is 30.3 Å². The number of aryl methyl sites for hydroxylation is 2. The van der Waals surface area contributed by atoms with Crippen LogP contribution < -0.4 is 5.32 Å². The highest BCUT2D eigenvalue weighted by molar-refractivity contribution is 5.85. The highest BCUT2D eigenvalue weighted by Gasteiger charge is 2.22. The van der Waals surface area contributed by atoms with E-state index in [1.54, 1.807) is 6.07 Å². The molecule has 0 aliphatic heterocycles. The molecule has 0 amide bonds. The third kappa shape index (κ3) is 2.34. The average Bonchev–Trinajstić information content (AvgIpc) is 2.82. The minimum absolute atomic E-state index is 0.0433. The van der Waals surface area contributed by atoms with Crippen molar-refractivity contribution in [3.63, 3.8) is 0 Å². The third-order valence-electron chi connectivity index (χ3n) is 3.58. The second-order valence-corrected chi connectivity index (χ2v) is 5.05. The fraction of sp³-hybridized carbons (Fsp3) is 0.267. The number of carboxylic acids is 1. The van der Waals surface area contributed by atoms with Gasteiger partial charge in [0.05, 0.1) is 6.04 Å². The van der Waals surface area contributed by atoms with E-state index < -0.39 is 5.97 Å². The van der Waals surface area contributed by atoms with E-state index in [0.29, 0.717) is 5.82 Å². The summed E-state index contributed by atoms with van der Waals surface area (Å²) in [4.78, 5) is 10.7. The predicted octanol–water partition coefficient (Wildman–Crippen LogP) is 2.58. The van der Waals surface area contributed by atoms with E-state index >= 15 is 0 Å². The van der Waals surface area contributed by atoms with Gasteiger partial charge in [-0.3, -0.25) is 0 Å². The van der Waals surface area contributed by atoms with E-state index in [9.17, 15) is 4.79 Å². The molecule has 0 saturated heterocycles. The van der Waals surface area contributed by atoms with E-state index in [4.69, 9.17) is 5.11 Å². The Morgan fingerprint density at radius 3 is 2.85 bits per heavy atom. The molecule has 0 bridgehead atoms. The van der Waals surface area contributed by atoms with Crippen molar-refractivity contribution >= 4 is 11.8 Å². The lowest BCUT2D eigenvalue weighted by atomic mass is 10.1. The van der Waals surface area contributed by atoms with E-state index in [-0.39, 0.29) is 11.7 Å². The maximum absolute atomic E-state index is 10.7. The van der Waals surface area contributed by atoms with Gasteiger partial charge >= 0.3 is 5.97 Å². The van der Waals surface area contributed by atoms with Gasteiger partial charge in [0.1, 0.15) is 5.82 Å². The monoisotopic (exact) mass is 269 g/mol. The molecule has 0 fully saturated rings. The molecule has 102 valence electrons. The Labute approximate surface area is 116 Å². The highest BCUT2D eigenvalue weighted by atomic mass is 16.4. The quantitative estimate of drug-likeness (QED) is 0.895. The van der Waals surface area contributed by atoms with Gasteiger partial charge in [0.2, 0.25) is 0 Å². The molecule has 5 nitrogen and oxygen atoms in total. The number of nitrogens with one attached hydrogen (secondary N) is 1. The van der Waals surface area contributed by atoms with Crippen molar-refractivity contribution in [1.82, 2.24) is 10.2 Å². The van der Waals surface area contributed by atoms with Gasteiger partial charge in [-0.15, -0.1) is 10.2 Å². The van der Waals surface area contributed by atoms with Gasteiger partial charge in [-0.2, -0.15) is 0 Å². The first-order chi connectivity index (χ1) is 9.63. The molecule has 1 aliphatic carbocycles. The Kier molecular flexibility index (Phi) is 3.10. The molecule has 2 N–H and O–H groups in total. The van der Waals surface area contributed by atoms with Crippen molar-refractivity contribution in [1.29, 1.82) is 0 Å². The lowest BCUT2D eigenvalue weighted by molar-refractivity contribution is 0.0689. The molecule has 1 atom stereocenters. The van der Waals surface area contributed by atoms with Gasteiger partial charge in [0.25, 0.3) is 0 Å². The molecular formula is C15H15N3O2. The van der Waals surface area contributed by atoms with Crippen LogP contribution in [-0.2, 0) is 6.42 Å². The number of hydrogen-bond acceptors (Lipinski definition) is 4. The van der Waals surface area contributed by atoms with Crippen LogP contribution in [0.4, 0.5) is 5.82 Å². The van der Waals surface area contributed by atoms with Gasteiger partial charge in [-0.1, -0.05) is 23.8 Å². The molecule has 1 heterocycles. The number of nitrogens with zero attached hydrogens (tertiary/aromatic N) is 2. The summed E-state index contributed by atoms with van der Waals surface area (Å²) < 4.78 is 0. The Morgan fingerprint density at radius 1 is 1.30 bits per heavy atom. The summed E-state index contributed by atoms with van der Waals surface area (Å²) in [6.07, 6.45) is 2.06. The van der Waals surface area contributed by atoms with Crippen molar-refractivity contribution in [2.24, 2.45) is 0 Å². The van der Waals surface area contributed by atoms with Gasteiger partial charge in [-0.25, -0.2) is 4.79 Å². The number of benzene rings is 1. The summed E-state index contributed by atoms with van der Waals surface area (Å²) in [5.41, 5.74) is 3.86. The molecular weight excluding hydrogens is 254 g/mol. The topological polar surface area (TPSA) is 75.1 Å². The summed E-state index contributed by atoms with van der Waals surface area (Å²) in [6, 6.07) is 9.83. The molecule has 1 aliphatic rings. The van der Waals surface area contributed by atoms with Crippen LogP contribution in [0.2, 0.25) is 0 Å². The largest absolute Gasteiger partial charge is 0.476 e. The lowest BCUT2D eigenvalue weighted by Gasteiger charge is -2.14. The van der Waals surface area contributed by atoms with Crippen molar-refractivity contribution in [3.8, 4) is 0 Å². The SMILES string of the molecule is Cc1ccc2c(c1)C(Nc1ccc(C(=O)O)nn1)CC2. The maximum Gasteiger partial charge on any atom is 0.356 e. The number of aromatic carboxylic acids is 1. The van der Waals surface area contributed by atoms with E-state index in [2.05, 4.69) is 40.6 Å². The molecule has 0 saturated carbocycles. The van der Waals surface area contributed by atoms with Crippen LogP contribution in [0.3, 0.4) is 0 Å². The maximum atomic E-state index is 10.7. The smallest absolute Gasteiger partial charge is 0.356 e. The van der Waals surface area contributed by atoms with Crippen LogP contribution in [0.25, 0.3) is 0 Å². The first-order valence-electron chi connectivity index (χ1n) is 6.56. The van der Waals surface area contributed by atoms with E-state index in [1.165, 1.54) is 22.8 Å². The number of carbonyl (C=O) groups is 1. The van der Waals surface area contributed by atoms with E-state index in [1.807, 2.05) is 0 Å². The zero-order chi connectivity index (χ0) is 14.1. The number of anilines is 1. The summed E-state index contributed by atoms with van der Waals surface area (Å²) in [5, 5.41) is 19.7. The molecule has 2 aromatic rings. The summed E-state index contributed by atoms with van der Waals surface area (Å²) >= 11 is 0. The first kappa shape index (κ1) is 12.6. The summed E-state index contributed by atoms with van der Waals surface area (Å²) in [7, 11) is 0. The second-order valence-electron chi connectivity index (χ2n) is 5.05.